The maximum atomic E-state index is 5.89. The normalized spacial score (nSPS) is 10.2. The molecule has 0 saturated heterocycles. The summed E-state index contributed by atoms with van der Waals surface area (Å²) in [6.07, 6.45) is 1.55. The van der Waals surface area contributed by atoms with Crippen molar-refractivity contribution in [2.75, 3.05) is 25.1 Å². The first-order valence-electron chi connectivity index (χ1n) is 4.36. The Labute approximate surface area is 93.4 Å². The molecule has 5 heteroatoms. The van der Waals surface area contributed by atoms with Crippen LogP contribution in [0.3, 0.4) is 0 Å². The van der Waals surface area contributed by atoms with Crippen LogP contribution in [0, 0.1) is 0 Å². The lowest BCUT2D eigenvalue weighted by Crippen LogP contribution is -2.10. The average molecular weight is 235 g/mol. The van der Waals surface area contributed by atoms with Gasteiger partial charge in [0.25, 0.3) is 0 Å². The zero-order valence-corrected chi connectivity index (χ0v) is 9.40. The number of pyridine rings is 1. The smallest absolute Gasteiger partial charge is 0.144 e. The van der Waals surface area contributed by atoms with Crippen molar-refractivity contribution in [2.45, 2.75) is 6.92 Å². The van der Waals surface area contributed by atoms with Gasteiger partial charge < -0.3 is 10.1 Å². The van der Waals surface area contributed by atoms with Gasteiger partial charge in [-0.1, -0.05) is 23.2 Å². The van der Waals surface area contributed by atoms with Crippen molar-refractivity contribution < 1.29 is 4.74 Å². The molecule has 0 unspecified atom stereocenters. The fraction of sp³-hybridized carbons (Fsp3) is 0.444. The fourth-order valence-electron chi connectivity index (χ4n) is 0.931. The van der Waals surface area contributed by atoms with Crippen LogP contribution in [0.25, 0.3) is 0 Å². The molecular weight excluding hydrogens is 223 g/mol. The minimum Gasteiger partial charge on any atom is -0.380 e. The third-order valence-electron chi connectivity index (χ3n) is 1.55. The van der Waals surface area contributed by atoms with E-state index in [1.54, 1.807) is 12.3 Å². The molecule has 0 aliphatic heterocycles. The minimum absolute atomic E-state index is 0.522. The molecule has 1 N–H and O–H groups in total. The van der Waals surface area contributed by atoms with E-state index in [1.807, 2.05) is 6.92 Å². The number of nitrogens with zero attached hydrogens (tertiary/aromatic N) is 1. The Kier molecular flexibility index (Phi) is 5.01. The zero-order chi connectivity index (χ0) is 10.4. The van der Waals surface area contributed by atoms with E-state index in [1.165, 1.54) is 0 Å². The lowest BCUT2D eigenvalue weighted by Gasteiger charge is -2.06. The van der Waals surface area contributed by atoms with Crippen molar-refractivity contribution in [3.8, 4) is 0 Å². The molecule has 0 amide bonds. The quantitative estimate of drug-likeness (QED) is 0.797. The van der Waals surface area contributed by atoms with E-state index in [4.69, 9.17) is 27.9 Å². The van der Waals surface area contributed by atoms with Gasteiger partial charge >= 0.3 is 0 Å². The first-order valence-corrected chi connectivity index (χ1v) is 5.12. The monoisotopic (exact) mass is 234 g/mol. The summed E-state index contributed by atoms with van der Waals surface area (Å²) in [4.78, 5) is 4.04. The van der Waals surface area contributed by atoms with Crippen LogP contribution in [0.2, 0.25) is 10.0 Å². The lowest BCUT2D eigenvalue weighted by atomic mass is 10.4. The van der Waals surface area contributed by atoms with Crippen molar-refractivity contribution in [3.05, 3.63) is 22.3 Å². The second-order valence-electron chi connectivity index (χ2n) is 2.61. The van der Waals surface area contributed by atoms with Gasteiger partial charge in [0.05, 0.1) is 16.7 Å². The third kappa shape index (κ3) is 3.70. The van der Waals surface area contributed by atoms with E-state index in [0.717, 1.165) is 0 Å². The van der Waals surface area contributed by atoms with Gasteiger partial charge in [0.1, 0.15) is 5.82 Å². The molecule has 0 spiro atoms. The molecule has 1 rings (SSSR count). The lowest BCUT2D eigenvalue weighted by molar-refractivity contribution is 0.158. The van der Waals surface area contributed by atoms with Crippen LogP contribution in [0.15, 0.2) is 12.3 Å². The van der Waals surface area contributed by atoms with Gasteiger partial charge in [0.2, 0.25) is 0 Å². The van der Waals surface area contributed by atoms with E-state index >= 15 is 0 Å². The highest BCUT2D eigenvalue weighted by Gasteiger charge is 2.01. The van der Waals surface area contributed by atoms with E-state index in [-0.39, 0.29) is 0 Å². The van der Waals surface area contributed by atoms with Crippen molar-refractivity contribution in [1.82, 2.24) is 4.98 Å². The highest BCUT2D eigenvalue weighted by Crippen LogP contribution is 2.21. The molecule has 1 aromatic rings. The van der Waals surface area contributed by atoms with Crippen molar-refractivity contribution in [3.63, 3.8) is 0 Å². The molecule has 3 nitrogen and oxygen atoms in total. The molecule has 0 fully saturated rings. The summed E-state index contributed by atoms with van der Waals surface area (Å²) in [7, 11) is 0. The maximum absolute atomic E-state index is 5.89. The summed E-state index contributed by atoms with van der Waals surface area (Å²) in [6.45, 7) is 3.98. The Balaban J connectivity index is 2.42. The highest BCUT2D eigenvalue weighted by molar-refractivity contribution is 6.35. The molecule has 78 valence electrons. The summed E-state index contributed by atoms with van der Waals surface area (Å²) >= 11 is 11.6. The Morgan fingerprint density at radius 1 is 1.50 bits per heavy atom. The van der Waals surface area contributed by atoms with E-state index in [9.17, 15) is 0 Å². The third-order valence-corrected chi connectivity index (χ3v) is 2.05. The number of anilines is 1. The molecule has 0 aromatic carbocycles. The van der Waals surface area contributed by atoms with E-state index in [0.29, 0.717) is 35.6 Å². The molecule has 0 aliphatic carbocycles. The minimum atomic E-state index is 0.522. The Morgan fingerprint density at radius 2 is 2.29 bits per heavy atom. The number of halogens is 2. The molecule has 1 aromatic heterocycles. The van der Waals surface area contributed by atoms with Crippen LogP contribution in [-0.4, -0.2) is 24.7 Å². The van der Waals surface area contributed by atoms with Crippen molar-refractivity contribution in [1.29, 1.82) is 0 Å². The van der Waals surface area contributed by atoms with Crippen LogP contribution >= 0.6 is 23.2 Å². The first kappa shape index (κ1) is 11.6. The summed E-state index contributed by atoms with van der Waals surface area (Å²) in [5.74, 6) is 0.635. The number of ether oxygens (including phenoxy) is 1. The van der Waals surface area contributed by atoms with Crippen LogP contribution in [0.5, 0.6) is 0 Å². The molecule has 0 atom stereocenters. The number of aromatic nitrogens is 1. The largest absolute Gasteiger partial charge is 0.380 e. The zero-order valence-electron chi connectivity index (χ0n) is 7.89. The van der Waals surface area contributed by atoms with Gasteiger partial charge in [-0.05, 0) is 13.0 Å². The highest BCUT2D eigenvalue weighted by atomic mass is 35.5. The Bertz CT molecular complexity index is 294. The van der Waals surface area contributed by atoms with Gasteiger partial charge in [-0.3, -0.25) is 0 Å². The SMILES string of the molecule is CCOCCNc1ncc(Cl)cc1Cl. The predicted octanol–water partition coefficient (Wildman–Crippen LogP) is 2.84. The molecule has 0 saturated carbocycles. The molecule has 14 heavy (non-hydrogen) atoms. The van der Waals surface area contributed by atoms with Crippen molar-refractivity contribution in [2.24, 2.45) is 0 Å². The van der Waals surface area contributed by atoms with E-state index in [2.05, 4.69) is 10.3 Å². The summed E-state index contributed by atoms with van der Waals surface area (Å²) in [6, 6.07) is 1.65. The maximum Gasteiger partial charge on any atom is 0.144 e. The molecule has 0 bridgehead atoms. The second kappa shape index (κ2) is 6.06. The number of rotatable bonds is 5. The number of nitrogens with one attached hydrogen (secondary N) is 1. The summed E-state index contributed by atoms with van der Waals surface area (Å²) in [5, 5.41) is 4.10. The fourth-order valence-corrected chi connectivity index (χ4v) is 1.38. The van der Waals surface area contributed by atoms with Crippen molar-refractivity contribution >= 4 is 29.0 Å². The first-order chi connectivity index (χ1) is 6.74. The van der Waals surface area contributed by atoms with Gasteiger partial charge in [0, 0.05) is 19.3 Å². The van der Waals surface area contributed by atoms with Gasteiger partial charge in [-0.2, -0.15) is 0 Å². The standard InChI is InChI=1S/C9H12Cl2N2O/c1-2-14-4-3-12-9-8(11)5-7(10)6-13-9/h5-6H,2-4H2,1H3,(H,12,13). The molecule has 0 aliphatic rings. The van der Waals surface area contributed by atoms with Gasteiger partial charge in [-0.15, -0.1) is 0 Å². The molecule has 0 radical (unpaired) electrons. The van der Waals surface area contributed by atoms with Crippen LogP contribution < -0.4 is 5.32 Å². The summed E-state index contributed by atoms with van der Waals surface area (Å²) in [5.41, 5.74) is 0. The number of hydrogen-bond donors (Lipinski definition) is 1. The average Bonchev–Trinajstić information content (AvgIpc) is 2.15. The summed E-state index contributed by atoms with van der Waals surface area (Å²) < 4.78 is 5.16. The predicted molar refractivity (Wildman–Crippen MR) is 59.2 cm³/mol. The van der Waals surface area contributed by atoms with Gasteiger partial charge in [0.15, 0.2) is 0 Å². The van der Waals surface area contributed by atoms with Crippen LogP contribution in [0.1, 0.15) is 6.92 Å². The Hall–Kier alpha value is -0.510. The van der Waals surface area contributed by atoms with Crippen LogP contribution in [-0.2, 0) is 4.74 Å². The molecular formula is C9H12Cl2N2O. The van der Waals surface area contributed by atoms with Gasteiger partial charge in [-0.25, -0.2) is 4.98 Å². The Morgan fingerprint density at radius 3 is 2.93 bits per heavy atom. The van der Waals surface area contributed by atoms with E-state index < -0.39 is 0 Å². The number of hydrogen-bond acceptors (Lipinski definition) is 3. The molecule has 1 heterocycles. The van der Waals surface area contributed by atoms with Crippen LogP contribution in [0.4, 0.5) is 5.82 Å². The second-order valence-corrected chi connectivity index (χ2v) is 3.45. The topological polar surface area (TPSA) is 34.1 Å².